The van der Waals surface area contributed by atoms with Gasteiger partial charge >= 0.3 is 0 Å². The van der Waals surface area contributed by atoms with Crippen molar-refractivity contribution >= 4 is 0 Å². The van der Waals surface area contributed by atoms with Crippen molar-refractivity contribution in [3.05, 3.63) is 0 Å². The highest BCUT2D eigenvalue weighted by Gasteiger charge is 2.36. The second-order valence-corrected chi connectivity index (χ2v) is 3.84. The maximum absolute atomic E-state index is 5.48. The monoisotopic (exact) mass is 142 g/mol. The molecule has 0 N–H and O–H groups in total. The van der Waals surface area contributed by atoms with Gasteiger partial charge in [0.1, 0.15) is 0 Å². The number of ether oxygens (including phenoxy) is 1. The van der Waals surface area contributed by atoms with Gasteiger partial charge in [-0.2, -0.15) is 0 Å². The molecule has 10 heavy (non-hydrogen) atoms. The van der Waals surface area contributed by atoms with Crippen LogP contribution < -0.4 is 0 Å². The Balaban J connectivity index is 2.33. The third-order valence-electron chi connectivity index (χ3n) is 2.48. The largest absolute Gasteiger partial charge is 0.378 e. The van der Waals surface area contributed by atoms with E-state index in [0.717, 1.165) is 5.92 Å². The molecule has 1 aliphatic carbocycles. The van der Waals surface area contributed by atoms with Gasteiger partial charge in [-0.25, -0.2) is 0 Å². The molecule has 60 valence electrons. The summed E-state index contributed by atoms with van der Waals surface area (Å²) >= 11 is 0. The lowest BCUT2D eigenvalue weighted by Gasteiger charge is -2.41. The van der Waals surface area contributed by atoms with Crippen LogP contribution in [0.3, 0.4) is 0 Å². The van der Waals surface area contributed by atoms with E-state index in [9.17, 15) is 0 Å². The molecule has 0 spiro atoms. The Morgan fingerprint density at radius 3 is 2.10 bits per heavy atom. The fourth-order valence-corrected chi connectivity index (χ4v) is 1.81. The fraction of sp³-hybridized carbons (Fsp3) is 1.00. The normalized spacial score (nSPS) is 22.8. The zero-order chi connectivity index (χ0) is 7.61. The lowest BCUT2D eigenvalue weighted by atomic mass is 9.75. The molecular weight excluding hydrogens is 124 g/mol. The van der Waals surface area contributed by atoms with E-state index in [1.807, 2.05) is 7.11 Å². The highest BCUT2D eigenvalue weighted by atomic mass is 16.5. The van der Waals surface area contributed by atoms with E-state index < -0.39 is 0 Å². The molecule has 1 heteroatoms. The molecule has 1 aliphatic rings. The molecule has 0 atom stereocenters. The number of hydrogen-bond acceptors (Lipinski definition) is 1. The number of methoxy groups -OCH3 is 1. The minimum Gasteiger partial charge on any atom is -0.378 e. The summed E-state index contributed by atoms with van der Waals surface area (Å²) in [4.78, 5) is 0. The van der Waals surface area contributed by atoms with Gasteiger partial charge in [0.05, 0.1) is 5.60 Å². The van der Waals surface area contributed by atoms with Crippen molar-refractivity contribution in [2.45, 2.75) is 45.1 Å². The first kappa shape index (κ1) is 8.06. The van der Waals surface area contributed by atoms with Crippen LogP contribution in [0.5, 0.6) is 0 Å². The van der Waals surface area contributed by atoms with Gasteiger partial charge in [0, 0.05) is 7.11 Å². The summed E-state index contributed by atoms with van der Waals surface area (Å²) < 4.78 is 5.48. The van der Waals surface area contributed by atoms with Gasteiger partial charge in [-0.05, 0) is 31.6 Å². The van der Waals surface area contributed by atoms with Gasteiger partial charge in [-0.15, -0.1) is 0 Å². The molecule has 0 bridgehead atoms. The van der Waals surface area contributed by atoms with Crippen LogP contribution in [0.1, 0.15) is 39.5 Å². The molecule has 0 aromatic carbocycles. The van der Waals surface area contributed by atoms with Gasteiger partial charge < -0.3 is 4.74 Å². The van der Waals surface area contributed by atoms with Crippen LogP contribution in [0.15, 0.2) is 0 Å². The molecule has 0 amide bonds. The third-order valence-corrected chi connectivity index (χ3v) is 2.48. The van der Waals surface area contributed by atoms with Crippen molar-refractivity contribution in [2.75, 3.05) is 7.11 Å². The molecule has 0 unspecified atom stereocenters. The van der Waals surface area contributed by atoms with Crippen LogP contribution >= 0.6 is 0 Å². The average Bonchev–Trinajstić information content (AvgIpc) is 1.78. The van der Waals surface area contributed by atoms with E-state index in [1.54, 1.807) is 0 Å². The molecule has 1 saturated carbocycles. The molecular formula is C9H18O. The van der Waals surface area contributed by atoms with Crippen LogP contribution in [-0.2, 0) is 4.74 Å². The lowest BCUT2D eigenvalue weighted by Crippen LogP contribution is -2.40. The van der Waals surface area contributed by atoms with E-state index in [-0.39, 0.29) is 5.60 Å². The Hall–Kier alpha value is -0.0400. The molecule has 0 heterocycles. The Morgan fingerprint density at radius 2 is 2.00 bits per heavy atom. The lowest BCUT2D eigenvalue weighted by molar-refractivity contribution is -0.0850. The Bertz CT molecular complexity index is 97.8. The SMILES string of the molecule is COC1(CC(C)C)CCC1. The molecule has 0 radical (unpaired) electrons. The van der Waals surface area contributed by atoms with Gasteiger partial charge in [0.25, 0.3) is 0 Å². The molecule has 0 aromatic rings. The average molecular weight is 142 g/mol. The minimum atomic E-state index is 0.286. The molecule has 1 nitrogen and oxygen atoms in total. The standard InChI is InChI=1S/C9H18O/c1-8(2)7-9(10-3)5-4-6-9/h8H,4-7H2,1-3H3. The summed E-state index contributed by atoms with van der Waals surface area (Å²) in [5, 5.41) is 0. The predicted molar refractivity (Wildman–Crippen MR) is 43.0 cm³/mol. The van der Waals surface area contributed by atoms with Crippen molar-refractivity contribution in [1.29, 1.82) is 0 Å². The van der Waals surface area contributed by atoms with E-state index in [2.05, 4.69) is 13.8 Å². The van der Waals surface area contributed by atoms with E-state index >= 15 is 0 Å². The smallest absolute Gasteiger partial charge is 0.0681 e. The summed E-state index contributed by atoms with van der Waals surface area (Å²) in [6.45, 7) is 4.53. The van der Waals surface area contributed by atoms with Gasteiger partial charge in [0.15, 0.2) is 0 Å². The molecule has 1 fully saturated rings. The predicted octanol–water partition coefficient (Wildman–Crippen LogP) is 2.60. The van der Waals surface area contributed by atoms with Crippen molar-refractivity contribution in [3.63, 3.8) is 0 Å². The molecule has 0 saturated heterocycles. The second-order valence-electron chi connectivity index (χ2n) is 3.84. The first-order valence-electron chi connectivity index (χ1n) is 4.24. The number of rotatable bonds is 3. The van der Waals surface area contributed by atoms with E-state index in [4.69, 9.17) is 4.74 Å². The summed E-state index contributed by atoms with van der Waals surface area (Å²) in [6.07, 6.45) is 5.16. The summed E-state index contributed by atoms with van der Waals surface area (Å²) in [5.74, 6) is 0.778. The van der Waals surface area contributed by atoms with Crippen molar-refractivity contribution in [1.82, 2.24) is 0 Å². The zero-order valence-corrected chi connectivity index (χ0v) is 7.31. The first-order chi connectivity index (χ1) is 4.68. The fourth-order valence-electron chi connectivity index (χ4n) is 1.81. The zero-order valence-electron chi connectivity index (χ0n) is 7.31. The van der Waals surface area contributed by atoms with Crippen LogP contribution in [0.4, 0.5) is 0 Å². The highest BCUT2D eigenvalue weighted by Crippen LogP contribution is 2.39. The van der Waals surface area contributed by atoms with Gasteiger partial charge in [0.2, 0.25) is 0 Å². The first-order valence-corrected chi connectivity index (χ1v) is 4.24. The highest BCUT2D eigenvalue weighted by molar-refractivity contribution is 4.89. The molecule has 0 aliphatic heterocycles. The number of hydrogen-bond donors (Lipinski definition) is 0. The minimum absolute atomic E-state index is 0.286. The van der Waals surface area contributed by atoms with Crippen LogP contribution in [0.2, 0.25) is 0 Å². The van der Waals surface area contributed by atoms with Crippen LogP contribution in [0.25, 0.3) is 0 Å². The van der Waals surface area contributed by atoms with E-state index in [1.165, 1.54) is 25.7 Å². The Kier molecular flexibility index (Phi) is 2.35. The summed E-state index contributed by atoms with van der Waals surface area (Å²) in [7, 11) is 1.85. The van der Waals surface area contributed by atoms with Crippen molar-refractivity contribution in [2.24, 2.45) is 5.92 Å². The van der Waals surface area contributed by atoms with E-state index in [0.29, 0.717) is 0 Å². The van der Waals surface area contributed by atoms with Crippen LogP contribution in [0, 0.1) is 5.92 Å². The topological polar surface area (TPSA) is 9.23 Å². The molecule has 0 aromatic heterocycles. The Labute approximate surface area is 63.8 Å². The van der Waals surface area contributed by atoms with Crippen LogP contribution in [-0.4, -0.2) is 12.7 Å². The quantitative estimate of drug-likeness (QED) is 0.588. The second kappa shape index (κ2) is 2.91. The van der Waals surface area contributed by atoms with Gasteiger partial charge in [-0.1, -0.05) is 13.8 Å². The summed E-state index contributed by atoms with van der Waals surface area (Å²) in [6, 6.07) is 0. The maximum Gasteiger partial charge on any atom is 0.0681 e. The third kappa shape index (κ3) is 1.51. The Morgan fingerprint density at radius 1 is 1.40 bits per heavy atom. The molecule has 1 rings (SSSR count). The van der Waals surface area contributed by atoms with Crippen molar-refractivity contribution in [3.8, 4) is 0 Å². The maximum atomic E-state index is 5.48. The van der Waals surface area contributed by atoms with Gasteiger partial charge in [-0.3, -0.25) is 0 Å². The van der Waals surface area contributed by atoms with Crippen molar-refractivity contribution < 1.29 is 4.74 Å². The summed E-state index contributed by atoms with van der Waals surface area (Å²) in [5.41, 5.74) is 0.286.